The summed E-state index contributed by atoms with van der Waals surface area (Å²) < 4.78 is 43.8. The molecule has 0 saturated heterocycles. The summed E-state index contributed by atoms with van der Waals surface area (Å²) in [5.74, 6) is -11.4. The Morgan fingerprint density at radius 3 is 0.493 bits per heavy atom. The van der Waals surface area contributed by atoms with Gasteiger partial charge >= 0.3 is 21.7 Å². The van der Waals surface area contributed by atoms with Crippen molar-refractivity contribution in [2.75, 3.05) is 52.9 Å². The van der Waals surface area contributed by atoms with Gasteiger partial charge in [-0.15, -0.1) is 0 Å². The van der Waals surface area contributed by atoms with Crippen molar-refractivity contribution in [2.45, 2.75) is 209 Å². The number of aliphatic carboxylic acids is 4. The van der Waals surface area contributed by atoms with Crippen LogP contribution in [0, 0.1) is 0 Å². The Bertz CT molecular complexity index is 1180. The van der Waals surface area contributed by atoms with Crippen LogP contribution in [0.1, 0.15) is 186 Å². The summed E-state index contributed by atoms with van der Waals surface area (Å²) in [6, 6.07) is 0. The fraction of sp³-hybridized carbons (Fsp3) is 0.833. The summed E-state index contributed by atoms with van der Waals surface area (Å²) in [5.41, 5.74) is 0. The van der Waals surface area contributed by atoms with Crippen LogP contribution in [0.3, 0.4) is 0 Å². The molecule has 0 radical (unpaired) electrons. The fourth-order valence-electron chi connectivity index (χ4n) is 5.45. The van der Waals surface area contributed by atoms with Crippen LogP contribution >= 0.6 is 0 Å². The van der Waals surface area contributed by atoms with Crippen molar-refractivity contribution >= 4 is 47.0 Å². The molecular weight excluding hydrogens is 944 g/mol. The summed E-state index contributed by atoms with van der Waals surface area (Å²) in [6.45, 7) is 26.0. The van der Waals surface area contributed by atoms with Crippen molar-refractivity contribution < 1.29 is 118 Å². The van der Waals surface area contributed by atoms with E-state index in [1.165, 1.54) is 0 Å². The van der Waals surface area contributed by atoms with E-state index in [9.17, 15) is 58.8 Å². The molecule has 0 spiro atoms. The van der Waals surface area contributed by atoms with E-state index < -0.39 is 95.8 Å². The van der Waals surface area contributed by atoms with Crippen molar-refractivity contribution in [2.24, 2.45) is 0 Å². The Morgan fingerprint density at radius 2 is 0.406 bits per heavy atom. The number of ether oxygens (including phenoxy) is 8. The van der Waals surface area contributed by atoms with E-state index in [-0.39, 0.29) is 47.4 Å². The molecular formula is C48H84O20Ti. The molecule has 0 aliphatic rings. The molecule has 0 rings (SSSR count). The number of rotatable bonds is 40. The molecule has 0 bridgehead atoms. The third kappa shape index (κ3) is 48.4. The summed E-state index contributed by atoms with van der Waals surface area (Å²) in [5, 5.41) is 41.2. The molecule has 20 nitrogen and oxygen atoms in total. The van der Waals surface area contributed by atoms with Crippen LogP contribution in [0.4, 0.5) is 0 Å². The van der Waals surface area contributed by atoms with Gasteiger partial charge in [0.15, 0.2) is 23.1 Å². The molecule has 0 amide bonds. The number of Topliss-reactive ketones (excluding diaryl/α,β-unsaturated/α-hetero) is 4. The number of carboxylic acid groups (broad SMARTS) is 4. The van der Waals surface area contributed by atoms with E-state index in [0.29, 0.717) is 52.9 Å². The molecule has 21 heteroatoms. The maximum absolute atomic E-state index is 11.4. The van der Waals surface area contributed by atoms with Crippen molar-refractivity contribution in [1.29, 1.82) is 0 Å². The minimum absolute atomic E-state index is 0. The van der Waals surface area contributed by atoms with Gasteiger partial charge < -0.3 is 77.5 Å². The predicted octanol–water partition coefficient (Wildman–Crippen LogP) is 2.62. The molecule has 0 atom stereocenters. The van der Waals surface area contributed by atoms with Crippen LogP contribution in [0.5, 0.6) is 0 Å². The van der Waals surface area contributed by atoms with Gasteiger partial charge in [-0.05, 0) is 79.1 Å². The van der Waals surface area contributed by atoms with Crippen LogP contribution in [0.25, 0.3) is 0 Å². The third-order valence-electron chi connectivity index (χ3n) is 8.33. The predicted molar refractivity (Wildman–Crippen MR) is 241 cm³/mol. The van der Waals surface area contributed by atoms with Crippen LogP contribution in [0.2, 0.25) is 0 Å². The Morgan fingerprint density at radius 1 is 0.290 bits per heavy atom. The first kappa shape index (κ1) is 74.9. The Hall–Kier alpha value is -3.05. The number of carboxylic acids is 4. The second-order valence-electron chi connectivity index (χ2n) is 16.4. The zero-order valence-electron chi connectivity index (χ0n) is 43.6. The molecule has 0 aliphatic carbocycles. The second kappa shape index (κ2) is 44.9. The molecule has 69 heavy (non-hydrogen) atoms. The first-order valence-electron chi connectivity index (χ1n) is 23.7. The molecule has 0 aromatic heterocycles. The number of hydrogen-bond donors (Lipinski definition) is 0. The van der Waals surface area contributed by atoms with E-state index in [4.69, 9.17) is 37.9 Å². The van der Waals surface area contributed by atoms with Crippen LogP contribution < -0.4 is 20.4 Å². The molecule has 0 aromatic carbocycles. The maximum atomic E-state index is 11.4. The zero-order valence-corrected chi connectivity index (χ0v) is 45.2. The Balaban J connectivity index is -0.000000263. The van der Waals surface area contributed by atoms with Crippen LogP contribution in [-0.2, 0) is 98.0 Å². The molecule has 0 fully saturated rings. The van der Waals surface area contributed by atoms with Gasteiger partial charge in [-0.1, -0.05) is 55.4 Å². The standard InChI is InChI=1S/4C12H22O5.Ti/c4*1-4-6-16-12(3,17-7-5-2)9-10(13)8-11(14)15;/h4*4-9H2,1-3H3,(H,14,15);/q;;;;+4/p-4. The Labute approximate surface area is 425 Å². The number of carbonyl (C=O) groups is 8. The minimum Gasteiger partial charge on any atom is -0.550 e. The topological polar surface area (TPSA) is 303 Å². The number of ketones is 4. The molecule has 0 saturated carbocycles. The Kier molecular flexibility index (Phi) is 48.7. The van der Waals surface area contributed by atoms with Gasteiger partial charge in [-0.2, -0.15) is 0 Å². The average Bonchev–Trinajstić information content (AvgIpc) is 3.23. The van der Waals surface area contributed by atoms with E-state index in [0.717, 1.165) is 51.4 Å². The first-order chi connectivity index (χ1) is 31.7. The first-order valence-corrected chi connectivity index (χ1v) is 23.7. The third-order valence-corrected chi connectivity index (χ3v) is 8.33. The molecule has 0 unspecified atom stereocenters. The monoisotopic (exact) mass is 1030 g/mol. The zero-order chi connectivity index (χ0) is 53.2. The van der Waals surface area contributed by atoms with Crippen molar-refractivity contribution in [3.05, 3.63) is 0 Å². The molecule has 0 aliphatic heterocycles. The average molecular weight is 1030 g/mol. The van der Waals surface area contributed by atoms with Gasteiger partial charge in [0.2, 0.25) is 0 Å². The van der Waals surface area contributed by atoms with Gasteiger partial charge in [0.05, 0.1) is 25.7 Å². The minimum atomic E-state index is -1.37. The molecule has 0 heterocycles. The van der Waals surface area contributed by atoms with Gasteiger partial charge in [-0.25, -0.2) is 0 Å². The SMILES string of the molecule is CCCOC(C)(CC(=O)CC(=O)[O-])OCCC.CCCOC(C)(CC(=O)CC(=O)[O-])OCCC.CCCOC(C)(CC(=O)CC(=O)[O-])OCCC.CCCOC(C)(CC(=O)CC(=O)[O-])OCCC.[Ti+4]. The van der Waals surface area contributed by atoms with Crippen molar-refractivity contribution in [3.8, 4) is 0 Å². The van der Waals surface area contributed by atoms with Crippen LogP contribution in [-0.4, -0.2) is 123 Å². The molecule has 0 N–H and O–H groups in total. The normalized spacial score (nSPS) is 11.3. The maximum Gasteiger partial charge on any atom is 4.00 e. The molecule has 0 aromatic rings. The summed E-state index contributed by atoms with van der Waals surface area (Å²) in [7, 11) is 0. The van der Waals surface area contributed by atoms with E-state index in [1.807, 2.05) is 55.4 Å². The summed E-state index contributed by atoms with van der Waals surface area (Å²) in [6.07, 6.45) is 3.78. The second-order valence-corrected chi connectivity index (χ2v) is 16.4. The van der Waals surface area contributed by atoms with Gasteiger partial charge in [0.1, 0.15) is 23.1 Å². The number of hydrogen-bond acceptors (Lipinski definition) is 20. The summed E-state index contributed by atoms with van der Waals surface area (Å²) >= 11 is 0. The number of carbonyl (C=O) groups excluding carboxylic acids is 8. The molecule has 400 valence electrons. The van der Waals surface area contributed by atoms with Crippen molar-refractivity contribution in [3.63, 3.8) is 0 Å². The van der Waals surface area contributed by atoms with Crippen LogP contribution in [0.15, 0.2) is 0 Å². The van der Waals surface area contributed by atoms with Gasteiger partial charge in [0.25, 0.3) is 0 Å². The van der Waals surface area contributed by atoms with Gasteiger partial charge in [0, 0.05) is 102 Å². The van der Waals surface area contributed by atoms with E-state index in [1.54, 1.807) is 27.7 Å². The van der Waals surface area contributed by atoms with Crippen molar-refractivity contribution in [1.82, 2.24) is 0 Å². The smallest absolute Gasteiger partial charge is 0.550 e. The largest absolute Gasteiger partial charge is 4.00 e. The quantitative estimate of drug-likeness (QED) is 0.0484. The van der Waals surface area contributed by atoms with E-state index >= 15 is 0 Å². The summed E-state index contributed by atoms with van der Waals surface area (Å²) in [4.78, 5) is 86.9. The van der Waals surface area contributed by atoms with E-state index in [2.05, 4.69) is 0 Å². The fourth-order valence-corrected chi connectivity index (χ4v) is 5.45. The van der Waals surface area contributed by atoms with Gasteiger partial charge in [-0.3, -0.25) is 19.2 Å².